The van der Waals surface area contributed by atoms with Crippen molar-refractivity contribution in [1.82, 2.24) is 9.38 Å². The number of benzene rings is 1. The Hall–Kier alpha value is -3.06. The summed E-state index contributed by atoms with van der Waals surface area (Å²) in [6.07, 6.45) is 2.80. The predicted octanol–water partition coefficient (Wildman–Crippen LogP) is 2.37. The van der Waals surface area contributed by atoms with E-state index < -0.39 is 11.5 Å². The number of pyridine rings is 1. The van der Waals surface area contributed by atoms with Gasteiger partial charge in [-0.15, -0.1) is 0 Å². The minimum atomic E-state index is -0.602. The number of halogens is 1. The molecule has 0 unspecified atom stereocenters. The smallest absolute Gasteiger partial charge is 0.270 e. The van der Waals surface area contributed by atoms with Crippen molar-refractivity contribution in [3.63, 3.8) is 0 Å². The first-order valence-corrected chi connectivity index (χ1v) is 7.88. The topological polar surface area (TPSA) is 81.9 Å². The molecule has 1 N–H and O–H groups in total. The lowest BCUT2D eigenvalue weighted by Gasteiger charge is -2.20. The van der Waals surface area contributed by atoms with Crippen molar-refractivity contribution in [3.05, 3.63) is 63.7 Å². The van der Waals surface area contributed by atoms with Gasteiger partial charge in [-0.05, 0) is 12.1 Å². The number of aromatic nitrogens is 2. The summed E-state index contributed by atoms with van der Waals surface area (Å²) in [6.45, 7) is 0.854. The number of rotatable bonds is 2. The highest BCUT2D eigenvalue weighted by atomic mass is 35.5. The van der Waals surface area contributed by atoms with Crippen LogP contribution >= 0.6 is 11.6 Å². The summed E-state index contributed by atoms with van der Waals surface area (Å²) in [4.78, 5) is 29.1. The second-order valence-corrected chi connectivity index (χ2v) is 5.74. The summed E-state index contributed by atoms with van der Waals surface area (Å²) in [5, 5.41) is 2.91. The van der Waals surface area contributed by atoms with E-state index in [4.69, 9.17) is 21.1 Å². The fourth-order valence-corrected chi connectivity index (χ4v) is 2.73. The van der Waals surface area contributed by atoms with Gasteiger partial charge < -0.3 is 14.8 Å². The van der Waals surface area contributed by atoms with Crippen LogP contribution in [0.2, 0.25) is 5.02 Å². The number of amides is 1. The van der Waals surface area contributed by atoms with Crippen molar-refractivity contribution in [2.24, 2.45) is 0 Å². The van der Waals surface area contributed by atoms with Crippen molar-refractivity contribution in [2.75, 3.05) is 18.5 Å². The first-order chi connectivity index (χ1) is 12.1. The highest BCUT2D eigenvalue weighted by molar-refractivity contribution is 6.34. The van der Waals surface area contributed by atoms with Crippen molar-refractivity contribution in [1.29, 1.82) is 0 Å². The van der Waals surface area contributed by atoms with E-state index >= 15 is 0 Å². The van der Waals surface area contributed by atoms with Gasteiger partial charge in [-0.25, -0.2) is 4.98 Å². The van der Waals surface area contributed by atoms with Gasteiger partial charge in [-0.3, -0.25) is 14.0 Å². The van der Waals surface area contributed by atoms with E-state index in [0.717, 1.165) is 0 Å². The zero-order valence-corrected chi connectivity index (χ0v) is 13.6. The van der Waals surface area contributed by atoms with Crippen molar-refractivity contribution in [3.8, 4) is 11.5 Å². The van der Waals surface area contributed by atoms with Gasteiger partial charge in [-0.2, -0.15) is 0 Å². The maximum atomic E-state index is 12.5. The molecule has 0 fully saturated rings. The molecule has 7 nitrogen and oxygen atoms in total. The number of anilines is 1. The Morgan fingerprint density at radius 1 is 1.20 bits per heavy atom. The van der Waals surface area contributed by atoms with Gasteiger partial charge in [0.1, 0.15) is 24.4 Å². The van der Waals surface area contributed by atoms with E-state index in [-0.39, 0.29) is 10.6 Å². The number of ether oxygens (including phenoxy) is 2. The second-order valence-electron chi connectivity index (χ2n) is 5.34. The normalized spacial score (nSPS) is 12.8. The molecule has 4 rings (SSSR count). The quantitative estimate of drug-likeness (QED) is 0.761. The average molecular weight is 358 g/mol. The molecule has 25 heavy (non-hydrogen) atoms. The van der Waals surface area contributed by atoms with E-state index in [2.05, 4.69) is 10.3 Å². The van der Waals surface area contributed by atoms with Crippen molar-refractivity contribution < 1.29 is 14.3 Å². The molecule has 0 atom stereocenters. The fourth-order valence-electron chi connectivity index (χ4n) is 2.53. The van der Waals surface area contributed by atoms with Crippen molar-refractivity contribution in [2.45, 2.75) is 0 Å². The number of carbonyl (C=O) groups excluding carboxylic acids is 1. The number of hydrogen-bond acceptors (Lipinski definition) is 5. The summed E-state index contributed by atoms with van der Waals surface area (Å²) in [7, 11) is 0. The molecule has 1 aliphatic heterocycles. The van der Waals surface area contributed by atoms with Crippen LogP contribution in [0.3, 0.4) is 0 Å². The molecular formula is C17H12ClN3O4. The molecule has 3 aromatic rings. The molecule has 0 aliphatic carbocycles. The van der Waals surface area contributed by atoms with Crippen LogP contribution in [0.15, 0.2) is 47.5 Å². The third-order valence-electron chi connectivity index (χ3n) is 3.74. The summed E-state index contributed by atoms with van der Waals surface area (Å²) in [6, 6.07) is 8.27. The zero-order chi connectivity index (χ0) is 17.4. The summed E-state index contributed by atoms with van der Waals surface area (Å²) in [5.74, 6) is 0.398. The summed E-state index contributed by atoms with van der Waals surface area (Å²) in [5.41, 5.74) is 0.237. The van der Waals surface area contributed by atoms with Crippen LogP contribution in [-0.2, 0) is 0 Å². The minimum Gasteiger partial charge on any atom is -0.486 e. The Bertz CT molecular complexity index is 1050. The Morgan fingerprint density at radius 3 is 2.76 bits per heavy atom. The third kappa shape index (κ3) is 2.78. The standard InChI is InChI=1S/C17H12ClN3O4/c18-11-7-13-14(25-6-5-24-13)8-12(11)20-16(22)10-9-19-15-3-1-2-4-21(15)17(10)23/h1-4,7-9H,5-6H2,(H,20,22). The van der Waals surface area contributed by atoms with Gasteiger partial charge in [0.05, 0.1) is 10.7 Å². The molecule has 0 bridgehead atoms. The van der Waals surface area contributed by atoms with Gasteiger partial charge in [0.2, 0.25) is 0 Å². The van der Waals surface area contributed by atoms with E-state index in [0.29, 0.717) is 36.0 Å². The first kappa shape index (κ1) is 15.5. The molecular weight excluding hydrogens is 346 g/mol. The highest BCUT2D eigenvalue weighted by Crippen LogP contribution is 2.38. The molecule has 3 heterocycles. The van der Waals surface area contributed by atoms with Crippen LogP contribution in [0.5, 0.6) is 11.5 Å². The van der Waals surface area contributed by atoms with Crippen LogP contribution in [0.1, 0.15) is 10.4 Å². The van der Waals surface area contributed by atoms with Crippen LogP contribution in [-0.4, -0.2) is 28.5 Å². The maximum absolute atomic E-state index is 12.5. The van der Waals surface area contributed by atoms with E-state index in [1.54, 1.807) is 36.5 Å². The maximum Gasteiger partial charge on any atom is 0.270 e. The molecule has 0 saturated heterocycles. The monoisotopic (exact) mass is 357 g/mol. The first-order valence-electron chi connectivity index (χ1n) is 7.50. The lowest BCUT2D eigenvalue weighted by molar-refractivity contribution is 0.102. The molecule has 0 radical (unpaired) electrons. The number of carbonyl (C=O) groups is 1. The average Bonchev–Trinajstić information content (AvgIpc) is 2.63. The van der Waals surface area contributed by atoms with E-state index in [9.17, 15) is 9.59 Å². The van der Waals surface area contributed by atoms with Crippen LogP contribution in [0.25, 0.3) is 5.65 Å². The molecule has 1 aliphatic rings. The molecule has 126 valence electrons. The van der Waals surface area contributed by atoms with Gasteiger partial charge >= 0.3 is 0 Å². The van der Waals surface area contributed by atoms with Gasteiger partial charge in [0, 0.05) is 24.5 Å². The molecule has 0 spiro atoms. The second kappa shape index (κ2) is 6.10. The van der Waals surface area contributed by atoms with Crippen LogP contribution < -0.4 is 20.3 Å². The number of fused-ring (bicyclic) bond motifs is 2. The number of nitrogens with one attached hydrogen (secondary N) is 1. The number of hydrogen-bond donors (Lipinski definition) is 1. The van der Waals surface area contributed by atoms with E-state index in [1.807, 2.05) is 0 Å². The molecule has 0 saturated carbocycles. The Balaban J connectivity index is 1.69. The van der Waals surface area contributed by atoms with E-state index in [1.165, 1.54) is 10.6 Å². The largest absolute Gasteiger partial charge is 0.486 e. The lowest BCUT2D eigenvalue weighted by atomic mass is 10.2. The molecule has 1 aromatic carbocycles. The van der Waals surface area contributed by atoms with Gasteiger partial charge in [0.25, 0.3) is 11.5 Å². The Kier molecular flexibility index (Phi) is 3.77. The van der Waals surface area contributed by atoms with Crippen molar-refractivity contribution >= 4 is 28.8 Å². The highest BCUT2D eigenvalue weighted by Gasteiger charge is 2.19. The predicted molar refractivity (Wildman–Crippen MR) is 91.9 cm³/mol. The summed E-state index contributed by atoms with van der Waals surface area (Å²) < 4.78 is 12.2. The molecule has 1 amide bonds. The SMILES string of the molecule is O=C(Nc1cc2c(cc1Cl)OCCO2)c1cnc2ccccn2c1=O. The molecule has 2 aromatic heterocycles. The van der Waals surface area contributed by atoms with Crippen LogP contribution in [0.4, 0.5) is 5.69 Å². The summed E-state index contributed by atoms with van der Waals surface area (Å²) >= 11 is 6.18. The van der Waals surface area contributed by atoms with Crippen LogP contribution in [0, 0.1) is 0 Å². The minimum absolute atomic E-state index is 0.0883. The zero-order valence-electron chi connectivity index (χ0n) is 12.9. The lowest BCUT2D eigenvalue weighted by Crippen LogP contribution is -2.26. The Morgan fingerprint density at radius 2 is 1.96 bits per heavy atom. The molecule has 8 heteroatoms. The van der Waals surface area contributed by atoms with Gasteiger partial charge in [-0.1, -0.05) is 17.7 Å². The third-order valence-corrected chi connectivity index (χ3v) is 4.05. The fraction of sp³-hybridized carbons (Fsp3) is 0.118. The van der Waals surface area contributed by atoms with Gasteiger partial charge in [0.15, 0.2) is 11.5 Å². The number of nitrogens with zero attached hydrogens (tertiary/aromatic N) is 2. The Labute approximate surface area is 146 Å².